The van der Waals surface area contributed by atoms with Crippen molar-refractivity contribution in [2.45, 2.75) is 39.2 Å². The van der Waals surface area contributed by atoms with Gasteiger partial charge in [0.2, 0.25) is 0 Å². The molecule has 1 amide bonds. The minimum atomic E-state index is -0.436. The number of pyridine rings is 1. The molecule has 1 saturated heterocycles. The highest BCUT2D eigenvalue weighted by atomic mass is 16.6. The Morgan fingerprint density at radius 3 is 2.83 bits per heavy atom. The molecule has 1 aliphatic carbocycles. The maximum Gasteiger partial charge on any atom is 0.410 e. The summed E-state index contributed by atoms with van der Waals surface area (Å²) in [5.74, 6) is 0. The predicted octanol–water partition coefficient (Wildman–Crippen LogP) is 3.75. The van der Waals surface area contributed by atoms with Gasteiger partial charge in [0.05, 0.1) is 17.5 Å². The number of likely N-dealkylation sites (tertiary alicyclic amines) is 1. The van der Waals surface area contributed by atoms with E-state index in [0.29, 0.717) is 0 Å². The van der Waals surface area contributed by atoms with E-state index in [9.17, 15) is 4.79 Å². The minimum Gasteiger partial charge on any atom is -0.444 e. The highest BCUT2D eigenvalue weighted by Crippen LogP contribution is 2.48. The molecule has 2 aliphatic rings. The largest absolute Gasteiger partial charge is 0.444 e. The van der Waals surface area contributed by atoms with Crippen molar-refractivity contribution in [3.8, 4) is 0 Å². The third kappa shape index (κ3) is 2.58. The van der Waals surface area contributed by atoms with Crippen LogP contribution in [-0.4, -0.2) is 39.1 Å². The molecule has 0 bridgehead atoms. The first-order valence-electron chi connectivity index (χ1n) is 8.44. The molecular weight excluding hydrogens is 302 g/mol. The first kappa shape index (κ1) is 15.2. The van der Waals surface area contributed by atoms with Crippen molar-refractivity contribution >= 4 is 17.2 Å². The quantitative estimate of drug-likeness (QED) is 0.802. The lowest BCUT2D eigenvalue weighted by atomic mass is 9.77. The van der Waals surface area contributed by atoms with Crippen LogP contribution in [0.25, 0.3) is 11.1 Å². The molecule has 4 rings (SSSR count). The number of imidazole rings is 1. The Kier molecular flexibility index (Phi) is 3.24. The van der Waals surface area contributed by atoms with Crippen LogP contribution in [0.5, 0.6) is 0 Å². The third-order valence-corrected chi connectivity index (χ3v) is 4.80. The average molecular weight is 325 g/mol. The third-order valence-electron chi connectivity index (χ3n) is 4.80. The summed E-state index contributed by atoms with van der Waals surface area (Å²) in [6.07, 6.45) is 7.96. The van der Waals surface area contributed by atoms with Crippen molar-refractivity contribution in [3.63, 3.8) is 0 Å². The summed E-state index contributed by atoms with van der Waals surface area (Å²) < 4.78 is 7.51. The van der Waals surface area contributed by atoms with Crippen LogP contribution in [0.3, 0.4) is 0 Å². The molecule has 126 valence electrons. The van der Waals surface area contributed by atoms with Crippen molar-refractivity contribution in [1.82, 2.24) is 14.3 Å². The molecule has 1 fully saturated rings. The van der Waals surface area contributed by atoms with E-state index >= 15 is 0 Å². The molecule has 3 heterocycles. The first-order chi connectivity index (χ1) is 11.4. The van der Waals surface area contributed by atoms with Gasteiger partial charge in [-0.3, -0.25) is 0 Å². The number of hydrogen-bond donors (Lipinski definition) is 0. The van der Waals surface area contributed by atoms with Crippen LogP contribution in [0.4, 0.5) is 4.79 Å². The van der Waals surface area contributed by atoms with Crippen LogP contribution >= 0.6 is 0 Å². The van der Waals surface area contributed by atoms with Gasteiger partial charge in [-0.15, -0.1) is 0 Å². The van der Waals surface area contributed by atoms with Crippen molar-refractivity contribution in [2.75, 3.05) is 13.1 Å². The van der Waals surface area contributed by atoms with E-state index in [1.807, 2.05) is 50.3 Å². The number of amides is 1. The number of carbonyl (C=O) groups excluding carboxylic acids is 1. The van der Waals surface area contributed by atoms with Crippen molar-refractivity contribution in [3.05, 3.63) is 42.5 Å². The molecule has 0 aromatic carbocycles. The maximum absolute atomic E-state index is 12.1. The molecule has 5 heteroatoms. The number of fused-ring (bicyclic) bond motifs is 1. The van der Waals surface area contributed by atoms with E-state index in [0.717, 1.165) is 37.1 Å². The van der Waals surface area contributed by atoms with Crippen molar-refractivity contribution < 1.29 is 9.53 Å². The molecule has 0 N–H and O–H groups in total. The molecule has 1 aliphatic heterocycles. The standard InChI is InChI=1S/C19H23N3O2/c1-18(2,3)24-17(23)22-11-19(12-22)8-7-14(10-19)16-15-6-4-5-9-21(15)13-20-16/h4-7,9,13H,8,10-12H2,1-3H3. The zero-order valence-electron chi connectivity index (χ0n) is 14.5. The summed E-state index contributed by atoms with van der Waals surface area (Å²) in [4.78, 5) is 18.5. The van der Waals surface area contributed by atoms with E-state index in [1.54, 1.807) is 0 Å². The van der Waals surface area contributed by atoms with Gasteiger partial charge in [-0.2, -0.15) is 0 Å². The van der Waals surface area contributed by atoms with E-state index in [4.69, 9.17) is 4.74 Å². The van der Waals surface area contributed by atoms with Crippen LogP contribution in [0.15, 0.2) is 36.8 Å². The van der Waals surface area contributed by atoms with Crippen LogP contribution in [-0.2, 0) is 4.74 Å². The van der Waals surface area contributed by atoms with Gasteiger partial charge in [0.25, 0.3) is 0 Å². The monoisotopic (exact) mass is 325 g/mol. The Morgan fingerprint density at radius 1 is 1.29 bits per heavy atom. The van der Waals surface area contributed by atoms with Crippen LogP contribution < -0.4 is 0 Å². The summed E-state index contributed by atoms with van der Waals surface area (Å²) in [7, 11) is 0. The zero-order chi connectivity index (χ0) is 16.9. The smallest absolute Gasteiger partial charge is 0.410 e. The zero-order valence-corrected chi connectivity index (χ0v) is 14.5. The summed E-state index contributed by atoms with van der Waals surface area (Å²) in [5, 5.41) is 0. The number of allylic oxidation sites excluding steroid dienone is 2. The van der Waals surface area contributed by atoms with Gasteiger partial charge >= 0.3 is 6.09 Å². The molecule has 0 unspecified atom stereocenters. The Bertz CT molecular complexity index is 822. The molecule has 2 aromatic heterocycles. The van der Waals surface area contributed by atoms with Gasteiger partial charge in [0.1, 0.15) is 5.60 Å². The number of hydrogen-bond acceptors (Lipinski definition) is 3. The number of carbonyl (C=O) groups is 1. The minimum absolute atomic E-state index is 0.178. The van der Waals surface area contributed by atoms with Gasteiger partial charge < -0.3 is 14.0 Å². The fourth-order valence-corrected chi connectivity index (χ4v) is 3.72. The molecule has 5 nitrogen and oxygen atoms in total. The lowest BCUT2D eigenvalue weighted by Crippen LogP contribution is -2.58. The number of rotatable bonds is 1. The normalized spacial score (nSPS) is 19.5. The molecule has 0 atom stereocenters. The van der Waals surface area contributed by atoms with Crippen molar-refractivity contribution in [1.29, 1.82) is 0 Å². The first-order valence-corrected chi connectivity index (χ1v) is 8.44. The number of ether oxygens (including phenoxy) is 1. The predicted molar refractivity (Wildman–Crippen MR) is 92.6 cm³/mol. The van der Waals surface area contributed by atoms with Gasteiger partial charge in [-0.05, 0) is 51.3 Å². The van der Waals surface area contributed by atoms with Gasteiger partial charge in [-0.25, -0.2) is 9.78 Å². The molecular formula is C19H23N3O2. The van der Waals surface area contributed by atoms with E-state index in [2.05, 4.69) is 21.5 Å². The Morgan fingerprint density at radius 2 is 2.08 bits per heavy atom. The number of aromatic nitrogens is 2. The Balaban J connectivity index is 1.43. The van der Waals surface area contributed by atoms with E-state index < -0.39 is 5.60 Å². The summed E-state index contributed by atoms with van der Waals surface area (Å²) >= 11 is 0. The fraction of sp³-hybridized carbons (Fsp3) is 0.474. The molecule has 0 saturated carbocycles. The second-order valence-electron chi connectivity index (χ2n) is 8.03. The fourth-order valence-electron chi connectivity index (χ4n) is 3.72. The Labute approximate surface area is 141 Å². The average Bonchev–Trinajstić information content (AvgIpc) is 3.07. The summed E-state index contributed by atoms with van der Waals surface area (Å²) in [5.41, 5.74) is 3.26. The number of nitrogens with zero attached hydrogens (tertiary/aromatic N) is 3. The van der Waals surface area contributed by atoms with Crippen LogP contribution in [0, 0.1) is 5.41 Å². The highest BCUT2D eigenvalue weighted by Gasteiger charge is 2.48. The second kappa shape index (κ2) is 5.10. The van der Waals surface area contributed by atoms with E-state index in [-0.39, 0.29) is 11.5 Å². The summed E-state index contributed by atoms with van der Waals surface area (Å²) in [6.45, 7) is 7.25. The van der Waals surface area contributed by atoms with Crippen LogP contribution in [0.1, 0.15) is 39.3 Å². The molecule has 2 aromatic rings. The van der Waals surface area contributed by atoms with Gasteiger partial charge in [0, 0.05) is 24.7 Å². The Hall–Kier alpha value is -2.30. The topological polar surface area (TPSA) is 46.8 Å². The summed E-state index contributed by atoms with van der Waals surface area (Å²) in [6, 6.07) is 6.15. The van der Waals surface area contributed by atoms with Crippen LogP contribution in [0.2, 0.25) is 0 Å². The molecule has 24 heavy (non-hydrogen) atoms. The van der Waals surface area contributed by atoms with Crippen molar-refractivity contribution in [2.24, 2.45) is 5.41 Å². The van der Waals surface area contributed by atoms with Gasteiger partial charge in [0.15, 0.2) is 0 Å². The molecule has 1 spiro atoms. The van der Waals surface area contributed by atoms with E-state index in [1.165, 1.54) is 5.57 Å². The highest BCUT2D eigenvalue weighted by molar-refractivity contribution is 5.78. The lowest BCUT2D eigenvalue weighted by molar-refractivity contribution is -0.0293. The maximum atomic E-state index is 12.1. The lowest BCUT2D eigenvalue weighted by Gasteiger charge is -2.48. The second-order valence-corrected chi connectivity index (χ2v) is 8.03. The molecule has 0 radical (unpaired) electrons. The van der Waals surface area contributed by atoms with Gasteiger partial charge in [-0.1, -0.05) is 12.1 Å². The SMILES string of the molecule is CC(C)(C)OC(=O)N1CC2(CC=C(c3ncn4ccccc34)C2)C1.